The summed E-state index contributed by atoms with van der Waals surface area (Å²) in [6, 6.07) is 8.49. The van der Waals surface area contributed by atoms with Crippen molar-refractivity contribution in [2.24, 2.45) is 0 Å². The third-order valence-electron chi connectivity index (χ3n) is 5.94. The molecule has 0 saturated carbocycles. The fraction of sp³-hybridized carbons (Fsp3) is 0.391. The van der Waals surface area contributed by atoms with Crippen LogP contribution in [0.25, 0.3) is 0 Å². The summed E-state index contributed by atoms with van der Waals surface area (Å²) in [5.41, 5.74) is 2.73. The Bertz CT molecular complexity index is 1020. The van der Waals surface area contributed by atoms with Gasteiger partial charge in [0.05, 0.1) is 46.6 Å². The first-order chi connectivity index (χ1) is 15.0. The number of fused-ring (bicyclic) bond motifs is 1. The van der Waals surface area contributed by atoms with Crippen LogP contribution < -0.4 is 23.8 Å². The van der Waals surface area contributed by atoms with Crippen LogP contribution in [-0.2, 0) is 22.6 Å². The maximum absolute atomic E-state index is 13.3. The molecular weight excluding hydrogens is 400 g/mol. The summed E-state index contributed by atoms with van der Waals surface area (Å²) >= 11 is 0. The summed E-state index contributed by atoms with van der Waals surface area (Å²) < 4.78 is 21.4. The normalized spacial score (nSPS) is 18.7. The highest BCUT2D eigenvalue weighted by Gasteiger charge is 2.43. The number of hydrogen-bond donors (Lipinski definition) is 0. The number of carbonyl (C=O) groups is 2. The van der Waals surface area contributed by atoms with Crippen LogP contribution in [-0.4, -0.2) is 57.7 Å². The lowest BCUT2D eigenvalue weighted by molar-refractivity contribution is -0.123. The first-order valence-electron chi connectivity index (χ1n) is 10.1. The van der Waals surface area contributed by atoms with Gasteiger partial charge in [0.25, 0.3) is 5.91 Å². The second-order valence-electron chi connectivity index (χ2n) is 7.52. The maximum atomic E-state index is 13.3. The summed E-state index contributed by atoms with van der Waals surface area (Å²) in [6.45, 7) is 1.26. The molecule has 1 fully saturated rings. The first kappa shape index (κ1) is 21.0. The molecule has 0 aliphatic carbocycles. The molecule has 4 rings (SSSR count). The van der Waals surface area contributed by atoms with E-state index in [2.05, 4.69) is 4.90 Å². The molecule has 0 radical (unpaired) electrons. The Morgan fingerprint density at radius 1 is 0.806 bits per heavy atom. The summed E-state index contributed by atoms with van der Waals surface area (Å²) in [5.74, 6) is 1.92. The second kappa shape index (κ2) is 8.47. The number of carbonyl (C=O) groups excluding carboxylic acids is 2. The molecule has 1 saturated heterocycles. The molecule has 2 aliphatic rings. The zero-order valence-electron chi connectivity index (χ0n) is 18.1. The highest BCUT2D eigenvalue weighted by molar-refractivity contribution is 6.22. The molecule has 0 bridgehead atoms. The fourth-order valence-corrected chi connectivity index (χ4v) is 4.31. The van der Waals surface area contributed by atoms with E-state index in [-0.39, 0.29) is 18.2 Å². The molecule has 0 aromatic heterocycles. The topological polar surface area (TPSA) is 77.5 Å². The molecule has 164 valence electrons. The number of hydrogen-bond acceptors (Lipinski definition) is 7. The Labute approximate surface area is 181 Å². The Morgan fingerprint density at radius 2 is 1.42 bits per heavy atom. The van der Waals surface area contributed by atoms with Gasteiger partial charge in [-0.1, -0.05) is 0 Å². The second-order valence-corrected chi connectivity index (χ2v) is 7.52. The van der Waals surface area contributed by atoms with Crippen LogP contribution in [0, 0.1) is 0 Å². The van der Waals surface area contributed by atoms with E-state index in [9.17, 15) is 9.59 Å². The number of ether oxygens (including phenoxy) is 4. The van der Waals surface area contributed by atoms with E-state index in [0.717, 1.165) is 12.0 Å². The van der Waals surface area contributed by atoms with Crippen molar-refractivity contribution in [1.82, 2.24) is 4.90 Å². The molecule has 2 aromatic rings. The predicted molar refractivity (Wildman–Crippen MR) is 114 cm³/mol. The lowest BCUT2D eigenvalue weighted by Gasteiger charge is -2.32. The lowest BCUT2D eigenvalue weighted by atomic mass is 9.97. The van der Waals surface area contributed by atoms with Gasteiger partial charge in [0, 0.05) is 19.2 Å². The van der Waals surface area contributed by atoms with Crippen molar-refractivity contribution in [1.29, 1.82) is 0 Å². The van der Waals surface area contributed by atoms with Crippen LogP contribution in [0.3, 0.4) is 0 Å². The van der Waals surface area contributed by atoms with Gasteiger partial charge in [-0.3, -0.25) is 14.5 Å². The number of benzene rings is 2. The molecule has 2 heterocycles. The van der Waals surface area contributed by atoms with Gasteiger partial charge in [-0.2, -0.15) is 0 Å². The highest BCUT2D eigenvalue weighted by atomic mass is 16.5. The van der Waals surface area contributed by atoms with Crippen molar-refractivity contribution in [2.45, 2.75) is 25.4 Å². The van der Waals surface area contributed by atoms with Gasteiger partial charge in [0.15, 0.2) is 23.0 Å². The molecule has 0 unspecified atom stereocenters. The van der Waals surface area contributed by atoms with E-state index in [1.165, 1.54) is 17.6 Å². The minimum absolute atomic E-state index is 0.149. The highest BCUT2D eigenvalue weighted by Crippen LogP contribution is 2.37. The van der Waals surface area contributed by atoms with Crippen molar-refractivity contribution >= 4 is 17.5 Å². The van der Waals surface area contributed by atoms with Crippen LogP contribution in [0.5, 0.6) is 23.0 Å². The van der Waals surface area contributed by atoms with Crippen LogP contribution in [0.2, 0.25) is 0 Å². The minimum Gasteiger partial charge on any atom is -0.493 e. The Kier molecular flexibility index (Phi) is 5.73. The molecular formula is C23H26N2O6. The van der Waals surface area contributed by atoms with Gasteiger partial charge in [-0.15, -0.1) is 0 Å². The van der Waals surface area contributed by atoms with Gasteiger partial charge in [0.1, 0.15) is 0 Å². The largest absolute Gasteiger partial charge is 0.493 e. The van der Waals surface area contributed by atoms with E-state index < -0.39 is 6.04 Å². The summed E-state index contributed by atoms with van der Waals surface area (Å²) in [4.78, 5) is 29.4. The number of imide groups is 1. The lowest BCUT2D eigenvalue weighted by Crippen LogP contribution is -2.44. The van der Waals surface area contributed by atoms with E-state index >= 15 is 0 Å². The van der Waals surface area contributed by atoms with Gasteiger partial charge < -0.3 is 18.9 Å². The third kappa shape index (κ3) is 3.67. The van der Waals surface area contributed by atoms with E-state index in [1.807, 2.05) is 12.1 Å². The van der Waals surface area contributed by atoms with Crippen molar-refractivity contribution in [3.8, 4) is 23.0 Å². The molecule has 2 aromatic carbocycles. The van der Waals surface area contributed by atoms with E-state index in [1.54, 1.807) is 39.5 Å². The molecule has 0 spiro atoms. The molecule has 8 heteroatoms. The molecule has 2 aliphatic heterocycles. The predicted octanol–water partition coefficient (Wildman–Crippen LogP) is 2.41. The zero-order valence-corrected chi connectivity index (χ0v) is 18.1. The Balaban J connectivity index is 1.57. The van der Waals surface area contributed by atoms with Gasteiger partial charge in [-0.25, -0.2) is 4.90 Å². The number of methoxy groups -OCH3 is 4. The van der Waals surface area contributed by atoms with Crippen molar-refractivity contribution in [2.75, 3.05) is 39.9 Å². The summed E-state index contributed by atoms with van der Waals surface area (Å²) in [6.07, 6.45) is 0.916. The quantitative estimate of drug-likeness (QED) is 0.657. The van der Waals surface area contributed by atoms with Crippen LogP contribution in [0.4, 0.5) is 5.69 Å². The monoisotopic (exact) mass is 426 g/mol. The maximum Gasteiger partial charge on any atom is 0.251 e. The third-order valence-corrected chi connectivity index (χ3v) is 5.94. The smallest absolute Gasteiger partial charge is 0.251 e. The number of anilines is 1. The van der Waals surface area contributed by atoms with Crippen LogP contribution in [0.15, 0.2) is 30.3 Å². The van der Waals surface area contributed by atoms with E-state index in [4.69, 9.17) is 18.9 Å². The molecule has 0 N–H and O–H groups in total. The average molecular weight is 426 g/mol. The molecule has 2 amide bonds. The number of rotatable bonds is 6. The average Bonchev–Trinajstić information content (AvgIpc) is 3.10. The number of nitrogens with zero attached hydrogens (tertiary/aromatic N) is 2. The van der Waals surface area contributed by atoms with Gasteiger partial charge in [-0.05, 0) is 41.8 Å². The van der Waals surface area contributed by atoms with Crippen molar-refractivity contribution in [3.63, 3.8) is 0 Å². The molecule has 31 heavy (non-hydrogen) atoms. The number of amides is 2. The van der Waals surface area contributed by atoms with E-state index in [0.29, 0.717) is 41.8 Å². The zero-order chi connectivity index (χ0) is 22.1. The Hall–Kier alpha value is -3.26. The van der Waals surface area contributed by atoms with Gasteiger partial charge >= 0.3 is 0 Å². The molecule has 8 nitrogen and oxygen atoms in total. The summed E-state index contributed by atoms with van der Waals surface area (Å²) in [5, 5.41) is 0. The summed E-state index contributed by atoms with van der Waals surface area (Å²) in [7, 11) is 6.28. The fourth-order valence-electron chi connectivity index (χ4n) is 4.31. The minimum atomic E-state index is -0.498. The van der Waals surface area contributed by atoms with Crippen molar-refractivity contribution in [3.05, 3.63) is 41.5 Å². The Morgan fingerprint density at radius 3 is 2.06 bits per heavy atom. The first-order valence-corrected chi connectivity index (χ1v) is 10.1. The molecule has 1 atom stereocenters. The SMILES string of the molecule is COc1ccc(N2C(=O)C[C@H](N3CCc4cc(OC)c(OC)cc4C3)C2=O)cc1OC. The van der Waals surface area contributed by atoms with Crippen molar-refractivity contribution < 1.29 is 28.5 Å². The van der Waals surface area contributed by atoms with Gasteiger partial charge in [0.2, 0.25) is 5.91 Å². The van der Waals surface area contributed by atoms with Crippen LogP contribution >= 0.6 is 0 Å². The van der Waals surface area contributed by atoms with Crippen LogP contribution in [0.1, 0.15) is 17.5 Å². The standard InChI is InChI=1S/C23H26N2O6/c1-28-18-6-5-16(11-21(18)31-4)25-22(26)12-17(23(25)27)24-8-7-14-9-19(29-2)20(30-3)10-15(14)13-24/h5-6,9-11,17H,7-8,12-13H2,1-4H3/t17-/m0/s1.